The van der Waals surface area contributed by atoms with Gasteiger partial charge in [0.25, 0.3) is 5.91 Å². The summed E-state index contributed by atoms with van der Waals surface area (Å²) in [5.74, 6) is -0.283. The Morgan fingerprint density at radius 1 is 1.35 bits per heavy atom. The molecule has 1 aromatic carbocycles. The number of allylic oxidation sites excluding steroid dienone is 1. The molecule has 0 fully saturated rings. The minimum atomic E-state index is -0.681. The summed E-state index contributed by atoms with van der Waals surface area (Å²) in [6.07, 6.45) is 3.31. The third-order valence-electron chi connectivity index (χ3n) is 4.29. The van der Waals surface area contributed by atoms with Crippen molar-refractivity contribution in [2.24, 2.45) is 0 Å². The van der Waals surface area contributed by atoms with Crippen LogP contribution in [0.1, 0.15) is 43.8 Å². The average molecular weight is 370 g/mol. The van der Waals surface area contributed by atoms with Gasteiger partial charge in [-0.1, -0.05) is 30.3 Å². The highest BCUT2D eigenvalue weighted by atomic mass is 32.1. The summed E-state index contributed by atoms with van der Waals surface area (Å²) in [5, 5.41) is 2.72. The third-order valence-corrected chi connectivity index (χ3v) is 5.05. The molecule has 2 aromatic rings. The van der Waals surface area contributed by atoms with Crippen LogP contribution in [0.4, 0.5) is 0 Å². The highest BCUT2D eigenvalue weighted by molar-refractivity contribution is 7.09. The molecule has 136 valence electrons. The molecule has 0 N–H and O–H groups in total. The Balaban J connectivity index is 1.92. The molecule has 26 heavy (non-hydrogen) atoms. The zero-order valence-corrected chi connectivity index (χ0v) is 16.0. The Bertz CT molecular complexity index is 813. The first-order chi connectivity index (χ1) is 12.4. The first-order valence-corrected chi connectivity index (χ1v) is 9.41. The van der Waals surface area contributed by atoms with Crippen LogP contribution in [0.5, 0.6) is 0 Å². The van der Waals surface area contributed by atoms with Crippen molar-refractivity contribution in [1.82, 2.24) is 9.88 Å². The van der Waals surface area contributed by atoms with Gasteiger partial charge in [0, 0.05) is 24.1 Å². The minimum Gasteiger partial charge on any atom is -0.481 e. The molecule has 2 heterocycles. The van der Waals surface area contributed by atoms with E-state index in [-0.39, 0.29) is 29.9 Å². The van der Waals surface area contributed by atoms with E-state index in [2.05, 4.69) is 4.98 Å². The second kappa shape index (κ2) is 7.41. The zero-order valence-electron chi connectivity index (χ0n) is 15.1. The highest BCUT2D eigenvalue weighted by Crippen LogP contribution is 2.30. The van der Waals surface area contributed by atoms with Crippen LogP contribution in [0.25, 0.3) is 0 Å². The first kappa shape index (κ1) is 18.3. The van der Waals surface area contributed by atoms with Gasteiger partial charge in [-0.3, -0.25) is 9.59 Å². The van der Waals surface area contributed by atoms with Gasteiger partial charge in [-0.25, -0.2) is 4.98 Å². The van der Waals surface area contributed by atoms with E-state index >= 15 is 0 Å². The SMILES string of the molecule is C[C@@H](c1ccccc1)N(Cc1nccs1)C(=O)C1=CC(=O)CC(C)(C)O1. The molecule has 1 aromatic heterocycles. The standard InChI is InChI=1S/C20H22N2O3S/c1-14(15-7-5-4-6-8-15)22(13-18-21-9-10-26-18)19(24)17-11-16(23)12-20(2,3)25-17/h4-11,14H,12-13H2,1-3H3/t14-/m0/s1. The molecule has 3 rings (SSSR count). The Kier molecular flexibility index (Phi) is 5.23. The number of amides is 1. The Morgan fingerprint density at radius 3 is 2.69 bits per heavy atom. The molecule has 0 unspecified atom stereocenters. The minimum absolute atomic E-state index is 0.0915. The maximum absolute atomic E-state index is 13.2. The van der Waals surface area contributed by atoms with Crippen molar-refractivity contribution in [1.29, 1.82) is 0 Å². The molecule has 0 bridgehead atoms. The van der Waals surface area contributed by atoms with E-state index in [0.717, 1.165) is 10.6 Å². The predicted molar refractivity (Wildman–Crippen MR) is 100 cm³/mol. The number of ether oxygens (including phenoxy) is 1. The monoisotopic (exact) mass is 370 g/mol. The fraction of sp³-hybridized carbons (Fsp3) is 0.350. The molecular formula is C20H22N2O3S. The molecule has 0 spiro atoms. The lowest BCUT2D eigenvalue weighted by Gasteiger charge is -2.34. The number of carbonyl (C=O) groups excluding carboxylic acids is 2. The smallest absolute Gasteiger partial charge is 0.289 e. The van der Waals surface area contributed by atoms with Gasteiger partial charge in [0.1, 0.15) is 10.6 Å². The van der Waals surface area contributed by atoms with Gasteiger partial charge >= 0.3 is 0 Å². The topological polar surface area (TPSA) is 59.5 Å². The normalized spacial score (nSPS) is 17.2. The number of hydrogen-bond acceptors (Lipinski definition) is 5. The second-order valence-electron chi connectivity index (χ2n) is 6.96. The van der Waals surface area contributed by atoms with Crippen LogP contribution in [0.3, 0.4) is 0 Å². The van der Waals surface area contributed by atoms with E-state index in [4.69, 9.17) is 4.74 Å². The van der Waals surface area contributed by atoms with Crippen LogP contribution in [-0.2, 0) is 20.9 Å². The second-order valence-corrected chi connectivity index (χ2v) is 7.94. The van der Waals surface area contributed by atoms with Gasteiger partial charge in [-0.05, 0) is 26.3 Å². The Labute approximate surface area is 157 Å². The third kappa shape index (κ3) is 4.19. The maximum Gasteiger partial charge on any atom is 0.289 e. The van der Waals surface area contributed by atoms with Gasteiger partial charge in [0.15, 0.2) is 11.5 Å². The molecule has 0 aliphatic carbocycles. The average Bonchev–Trinajstić information content (AvgIpc) is 3.11. The largest absolute Gasteiger partial charge is 0.481 e. The van der Waals surface area contributed by atoms with Gasteiger partial charge < -0.3 is 9.64 Å². The van der Waals surface area contributed by atoms with Gasteiger partial charge in [0.2, 0.25) is 0 Å². The van der Waals surface area contributed by atoms with Crippen molar-refractivity contribution in [3.05, 3.63) is 64.3 Å². The van der Waals surface area contributed by atoms with Crippen molar-refractivity contribution < 1.29 is 14.3 Å². The van der Waals surface area contributed by atoms with Crippen LogP contribution in [0.2, 0.25) is 0 Å². The van der Waals surface area contributed by atoms with Crippen molar-refractivity contribution >= 4 is 23.0 Å². The maximum atomic E-state index is 13.2. The summed E-state index contributed by atoms with van der Waals surface area (Å²) < 4.78 is 5.82. The molecular weight excluding hydrogens is 348 g/mol. The number of rotatable bonds is 5. The number of thiazole rings is 1. The summed E-state index contributed by atoms with van der Waals surface area (Å²) in [5.41, 5.74) is 0.332. The first-order valence-electron chi connectivity index (χ1n) is 8.53. The van der Waals surface area contributed by atoms with E-state index in [1.165, 1.54) is 17.4 Å². The molecule has 1 aliphatic rings. The van der Waals surface area contributed by atoms with Crippen LogP contribution >= 0.6 is 11.3 Å². The fourth-order valence-corrected chi connectivity index (χ4v) is 3.61. The molecule has 5 nitrogen and oxygen atoms in total. The van der Waals surface area contributed by atoms with Crippen molar-refractivity contribution in [3.63, 3.8) is 0 Å². The summed E-state index contributed by atoms with van der Waals surface area (Å²) in [6, 6.07) is 9.62. The van der Waals surface area contributed by atoms with Crippen LogP contribution in [-0.4, -0.2) is 27.2 Å². The molecule has 6 heteroatoms. The Hall–Kier alpha value is -2.47. The zero-order chi connectivity index (χ0) is 18.7. The van der Waals surface area contributed by atoms with E-state index in [1.54, 1.807) is 11.1 Å². The van der Waals surface area contributed by atoms with Crippen LogP contribution in [0, 0.1) is 0 Å². The summed E-state index contributed by atoms with van der Waals surface area (Å²) in [6.45, 7) is 5.97. The van der Waals surface area contributed by atoms with E-state index < -0.39 is 5.60 Å². The lowest BCUT2D eigenvalue weighted by Crippen LogP contribution is -2.40. The molecule has 1 atom stereocenters. The van der Waals surface area contributed by atoms with E-state index in [1.807, 2.05) is 56.5 Å². The fourth-order valence-electron chi connectivity index (χ4n) is 3.00. The quantitative estimate of drug-likeness (QED) is 0.801. The number of aromatic nitrogens is 1. The van der Waals surface area contributed by atoms with Gasteiger partial charge in [0.05, 0.1) is 12.6 Å². The van der Waals surface area contributed by atoms with Gasteiger partial charge in [-0.2, -0.15) is 0 Å². The van der Waals surface area contributed by atoms with E-state index in [0.29, 0.717) is 6.54 Å². The number of benzene rings is 1. The Morgan fingerprint density at radius 2 is 2.08 bits per heavy atom. The lowest BCUT2D eigenvalue weighted by molar-refractivity contribution is -0.140. The molecule has 1 amide bonds. The summed E-state index contributed by atoms with van der Waals surface area (Å²) in [4.78, 5) is 31.3. The number of carbonyl (C=O) groups is 2. The van der Waals surface area contributed by atoms with Crippen molar-refractivity contribution in [2.75, 3.05) is 0 Å². The van der Waals surface area contributed by atoms with Crippen LogP contribution in [0.15, 0.2) is 53.7 Å². The van der Waals surface area contributed by atoms with E-state index in [9.17, 15) is 9.59 Å². The van der Waals surface area contributed by atoms with Crippen LogP contribution < -0.4 is 0 Å². The molecule has 0 saturated heterocycles. The van der Waals surface area contributed by atoms with Gasteiger partial charge in [-0.15, -0.1) is 11.3 Å². The van der Waals surface area contributed by atoms with Crippen molar-refractivity contribution in [3.8, 4) is 0 Å². The number of ketones is 1. The number of hydrogen-bond donors (Lipinski definition) is 0. The molecule has 0 saturated carbocycles. The summed E-state index contributed by atoms with van der Waals surface area (Å²) in [7, 11) is 0. The predicted octanol–water partition coefficient (Wildman–Crippen LogP) is 3.88. The lowest BCUT2D eigenvalue weighted by atomic mass is 9.98. The number of nitrogens with zero attached hydrogens (tertiary/aromatic N) is 2. The molecule has 1 aliphatic heterocycles. The molecule has 0 radical (unpaired) electrons. The van der Waals surface area contributed by atoms with Crippen molar-refractivity contribution in [2.45, 2.75) is 45.4 Å². The highest BCUT2D eigenvalue weighted by Gasteiger charge is 2.35. The summed E-state index contributed by atoms with van der Waals surface area (Å²) >= 11 is 1.50.